The van der Waals surface area contributed by atoms with Gasteiger partial charge in [-0.1, -0.05) is 115 Å². The highest BCUT2D eigenvalue weighted by Gasteiger charge is 2.14. The van der Waals surface area contributed by atoms with Crippen molar-refractivity contribution in [3.8, 4) is 56.7 Å². The largest absolute Gasteiger partial charge is 0.236 e. The highest BCUT2D eigenvalue weighted by molar-refractivity contribution is 5.93. The molecule has 5 aromatic carbocycles. The third-order valence-electron chi connectivity index (χ3n) is 7.59. The van der Waals surface area contributed by atoms with Gasteiger partial charge in [0.1, 0.15) is 12.7 Å². The molecule has 0 unspecified atom stereocenters. The van der Waals surface area contributed by atoms with E-state index in [9.17, 15) is 0 Å². The van der Waals surface area contributed by atoms with E-state index in [1.165, 1.54) is 0 Å². The Morgan fingerprint density at radius 3 is 1.11 bits per heavy atom. The van der Waals surface area contributed by atoms with Gasteiger partial charge in [0.25, 0.3) is 0 Å². The molecule has 0 bridgehead atoms. The molecule has 0 radical (unpaired) electrons. The van der Waals surface area contributed by atoms with E-state index in [0.717, 1.165) is 61.0 Å². The maximum absolute atomic E-state index is 4.93. The molecule has 8 rings (SSSR count). The van der Waals surface area contributed by atoms with Crippen LogP contribution in [0.5, 0.6) is 0 Å². The molecule has 0 saturated heterocycles. The molecule has 7 heteroatoms. The fourth-order valence-electron chi connectivity index (χ4n) is 5.37. The average Bonchev–Trinajstić information content (AvgIpc) is 3.11. The molecular weight excluding hydrogens is 542 g/mol. The number of hydrogen-bond donors (Lipinski definition) is 0. The fraction of sp³-hybridized carbons (Fsp3) is 0. The van der Waals surface area contributed by atoms with E-state index >= 15 is 0 Å². The predicted molar refractivity (Wildman–Crippen MR) is 173 cm³/mol. The van der Waals surface area contributed by atoms with Gasteiger partial charge in [0, 0.05) is 38.6 Å². The highest BCUT2D eigenvalue weighted by Crippen LogP contribution is 2.31. The standard InChI is InChI=1S/C37H23N7/c1-2-8-26(9-3-1)35-42-36(27-18-14-24(15-19-27)33-29-10-4-6-12-31(29)38-22-40-33)44-37(43-35)28-20-16-25(17-21-28)34-30-11-5-7-13-32(30)39-23-41-34/h1-23H. The zero-order chi connectivity index (χ0) is 29.3. The Morgan fingerprint density at radius 1 is 0.295 bits per heavy atom. The van der Waals surface area contributed by atoms with Crippen LogP contribution >= 0.6 is 0 Å². The van der Waals surface area contributed by atoms with Gasteiger partial charge in [0.05, 0.1) is 22.4 Å². The van der Waals surface area contributed by atoms with E-state index in [1.54, 1.807) is 12.7 Å². The molecule has 7 nitrogen and oxygen atoms in total. The van der Waals surface area contributed by atoms with Crippen LogP contribution in [-0.2, 0) is 0 Å². The van der Waals surface area contributed by atoms with Crippen molar-refractivity contribution in [1.29, 1.82) is 0 Å². The lowest BCUT2D eigenvalue weighted by atomic mass is 10.0. The molecule has 0 spiro atoms. The van der Waals surface area contributed by atoms with Crippen molar-refractivity contribution >= 4 is 21.8 Å². The van der Waals surface area contributed by atoms with Gasteiger partial charge in [-0.15, -0.1) is 0 Å². The minimum Gasteiger partial charge on any atom is -0.236 e. The molecule has 206 valence electrons. The number of nitrogens with zero attached hydrogens (tertiary/aromatic N) is 7. The lowest BCUT2D eigenvalue weighted by Gasteiger charge is -2.10. The second kappa shape index (κ2) is 10.9. The van der Waals surface area contributed by atoms with Crippen molar-refractivity contribution in [2.24, 2.45) is 0 Å². The van der Waals surface area contributed by atoms with E-state index in [-0.39, 0.29) is 0 Å². The van der Waals surface area contributed by atoms with E-state index < -0.39 is 0 Å². The Labute approximate surface area is 253 Å². The predicted octanol–water partition coefficient (Wildman–Crippen LogP) is 8.09. The van der Waals surface area contributed by atoms with Crippen molar-refractivity contribution in [2.45, 2.75) is 0 Å². The second-order valence-electron chi connectivity index (χ2n) is 10.3. The Hall–Kier alpha value is -6.21. The minimum atomic E-state index is 0.596. The van der Waals surface area contributed by atoms with E-state index in [0.29, 0.717) is 17.5 Å². The smallest absolute Gasteiger partial charge is 0.164 e. The molecule has 3 heterocycles. The van der Waals surface area contributed by atoms with Gasteiger partial charge in [-0.05, 0) is 12.1 Å². The summed E-state index contributed by atoms with van der Waals surface area (Å²) in [5, 5.41) is 2.02. The van der Waals surface area contributed by atoms with Gasteiger partial charge in [-0.25, -0.2) is 34.9 Å². The molecule has 0 saturated carbocycles. The van der Waals surface area contributed by atoms with Crippen LogP contribution in [0, 0.1) is 0 Å². The van der Waals surface area contributed by atoms with Crippen molar-refractivity contribution in [1.82, 2.24) is 34.9 Å². The van der Waals surface area contributed by atoms with Crippen molar-refractivity contribution in [3.63, 3.8) is 0 Å². The van der Waals surface area contributed by atoms with Crippen molar-refractivity contribution < 1.29 is 0 Å². The zero-order valence-corrected chi connectivity index (χ0v) is 23.4. The molecule has 44 heavy (non-hydrogen) atoms. The summed E-state index contributed by atoms with van der Waals surface area (Å²) in [5.41, 5.74) is 8.29. The number of aromatic nitrogens is 7. The molecular formula is C37H23N7. The van der Waals surface area contributed by atoms with Gasteiger partial charge in [0.2, 0.25) is 0 Å². The van der Waals surface area contributed by atoms with Gasteiger partial charge < -0.3 is 0 Å². The zero-order valence-electron chi connectivity index (χ0n) is 23.4. The van der Waals surface area contributed by atoms with Gasteiger partial charge in [-0.2, -0.15) is 0 Å². The van der Waals surface area contributed by atoms with Gasteiger partial charge in [0.15, 0.2) is 17.5 Å². The molecule has 0 fully saturated rings. The van der Waals surface area contributed by atoms with Gasteiger partial charge in [-0.3, -0.25) is 0 Å². The van der Waals surface area contributed by atoms with Crippen LogP contribution in [0.2, 0.25) is 0 Å². The minimum absolute atomic E-state index is 0.596. The highest BCUT2D eigenvalue weighted by atomic mass is 15.0. The Balaban J connectivity index is 1.19. The second-order valence-corrected chi connectivity index (χ2v) is 10.3. The number of rotatable bonds is 5. The average molecular weight is 566 g/mol. The topological polar surface area (TPSA) is 90.2 Å². The van der Waals surface area contributed by atoms with Crippen LogP contribution in [0.3, 0.4) is 0 Å². The Morgan fingerprint density at radius 2 is 0.659 bits per heavy atom. The van der Waals surface area contributed by atoms with E-state index in [1.807, 2.05) is 103 Å². The summed E-state index contributed by atoms with van der Waals surface area (Å²) in [4.78, 5) is 32.7. The molecule has 0 atom stereocenters. The SMILES string of the molecule is c1ccc(-c2nc(-c3ccc(-c4ncnc5ccccc45)cc3)nc(-c3ccc(-c4ncnc5ccccc45)cc3)n2)cc1. The molecule has 0 aliphatic heterocycles. The normalized spacial score (nSPS) is 11.2. The number of para-hydroxylation sites is 2. The number of benzene rings is 5. The lowest BCUT2D eigenvalue weighted by Crippen LogP contribution is -2.00. The summed E-state index contributed by atoms with van der Waals surface area (Å²) in [6.07, 6.45) is 3.21. The summed E-state index contributed by atoms with van der Waals surface area (Å²) >= 11 is 0. The number of hydrogen-bond acceptors (Lipinski definition) is 7. The summed E-state index contributed by atoms with van der Waals surface area (Å²) in [6, 6.07) is 42.4. The van der Waals surface area contributed by atoms with Crippen molar-refractivity contribution in [2.75, 3.05) is 0 Å². The van der Waals surface area contributed by atoms with Crippen molar-refractivity contribution in [3.05, 3.63) is 140 Å². The maximum atomic E-state index is 4.93. The first kappa shape index (κ1) is 25.5. The van der Waals surface area contributed by atoms with Gasteiger partial charge >= 0.3 is 0 Å². The van der Waals surface area contributed by atoms with Crippen LogP contribution in [0.15, 0.2) is 140 Å². The molecule has 8 aromatic rings. The van der Waals surface area contributed by atoms with E-state index in [2.05, 4.69) is 44.2 Å². The first-order valence-electron chi connectivity index (χ1n) is 14.2. The van der Waals surface area contributed by atoms with Crippen LogP contribution in [0.25, 0.3) is 78.5 Å². The monoisotopic (exact) mass is 565 g/mol. The summed E-state index contributed by atoms with van der Waals surface area (Å²) in [6.45, 7) is 0. The molecule has 0 N–H and O–H groups in total. The summed E-state index contributed by atoms with van der Waals surface area (Å²) in [7, 11) is 0. The quantitative estimate of drug-likeness (QED) is 0.208. The molecule has 0 aliphatic carbocycles. The number of fused-ring (bicyclic) bond motifs is 2. The Bertz CT molecular complexity index is 2120. The summed E-state index contributed by atoms with van der Waals surface area (Å²) in [5.74, 6) is 1.81. The summed E-state index contributed by atoms with van der Waals surface area (Å²) < 4.78 is 0. The van der Waals surface area contributed by atoms with Crippen LogP contribution in [0.4, 0.5) is 0 Å². The first-order chi connectivity index (χ1) is 21.8. The Kier molecular flexibility index (Phi) is 6.31. The van der Waals surface area contributed by atoms with Crippen LogP contribution in [0.1, 0.15) is 0 Å². The molecule has 3 aromatic heterocycles. The molecule has 0 aliphatic rings. The maximum Gasteiger partial charge on any atom is 0.164 e. The lowest BCUT2D eigenvalue weighted by molar-refractivity contribution is 1.07. The third-order valence-corrected chi connectivity index (χ3v) is 7.59. The van der Waals surface area contributed by atoms with Crippen LogP contribution in [-0.4, -0.2) is 34.9 Å². The van der Waals surface area contributed by atoms with E-state index in [4.69, 9.17) is 15.0 Å². The third kappa shape index (κ3) is 4.72. The fourth-order valence-corrected chi connectivity index (χ4v) is 5.37. The molecule has 0 amide bonds. The van der Waals surface area contributed by atoms with Crippen LogP contribution < -0.4 is 0 Å². The first-order valence-corrected chi connectivity index (χ1v) is 14.2.